The van der Waals surface area contributed by atoms with Gasteiger partial charge in [-0.15, -0.1) is 5.10 Å². The van der Waals surface area contributed by atoms with Crippen molar-refractivity contribution >= 4 is 17.7 Å². The van der Waals surface area contributed by atoms with Crippen molar-refractivity contribution in [3.8, 4) is 0 Å². The van der Waals surface area contributed by atoms with E-state index in [-0.39, 0.29) is 11.4 Å². The summed E-state index contributed by atoms with van der Waals surface area (Å²) in [6, 6.07) is 3.23. The summed E-state index contributed by atoms with van der Waals surface area (Å²) < 4.78 is 6.90. The van der Waals surface area contributed by atoms with Crippen molar-refractivity contribution in [1.29, 1.82) is 0 Å². The zero-order chi connectivity index (χ0) is 14.5. The number of thioether (sulfide) groups is 1. The molecule has 0 aromatic carbocycles. The van der Waals surface area contributed by atoms with Gasteiger partial charge in [-0.05, 0) is 18.6 Å². The van der Waals surface area contributed by atoms with Gasteiger partial charge in [-0.3, -0.25) is 14.8 Å². The van der Waals surface area contributed by atoms with Gasteiger partial charge in [0.15, 0.2) is 10.9 Å². The molecule has 0 spiro atoms. The molecule has 0 bridgehead atoms. The molecule has 2 heterocycles. The largest absolute Gasteiger partial charge is 0.455 e. The number of rotatable bonds is 6. The van der Waals surface area contributed by atoms with Crippen molar-refractivity contribution in [3.63, 3.8) is 0 Å². The Labute approximate surface area is 118 Å². The number of amides is 1. The molecule has 4 N–H and O–H groups in total. The van der Waals surface area contributed by atoms with Crippen LogP contribution in [-0.4, -0.2) is 20.7 Å². The average molecular weight is 297 g/mol. The predicted octanol–water partition coefficient (Wildman–Crippen LogP) is 0.470. The smallest absolute Gasteiger partial charge is 0.343 e. The number of aromatic nitrogens is 3. The number of nitrogens with two attached hydrogens (primary N) is 1. The highest BCUT2D eigenvalue weighted by molar-refractivity contribution is 7.98. The van der Waals surface area contributed by atoms with E-state index >= 15 is 0 Å². The molecule has 2 aromatic rings. The van der Waals surface area contributed by atoms with Crippen LogP contribution in [0.1, 0.15) is 29.7 Å². The number of aromatic amines is 1. The third kappa shape index (κ3) is 3.11. The first kappa shape index (κ1) is 14.4. The summed E-state index contributed by atoms with van der Waals surface area (Å²) >= 11 is 1.36. The van der Waals surface area contributed by atoms with Crippen molar-refractivity contribution in [3.05, 3.63) is 34.1 Å². The van der Waals surface area contributed by atoms with Crippen molar-refractivity contribution in [2.45, 2.75) is 30.8 Å². The fourth-order valence-corrected chi connectivity index (χ4v) is 2.49. The number of carbonyl (C=O) groups is 1. The van der Waals surface area contributed by atoms with E-state index in [0.29, 0.717) is 23.2 Å². The van der Waals surface area contributed by atoms with Crippen LogP contribution in [0.25, 0.3) is 0 Å². The Bertz CT molecular complexity index is 645. The topological polar surface area (TPSA) is 119 Å². The molecule has 0 radical (unpaired) electrons. The van der Waals surface area contributed by atoms with E-state index in [4.69, 9.17) is 10.3 Å². The minimum Gasteiger partial charge on any atom is -0.455 e. The van der Waals surface area contributed by atoms with E-state index in [1.165, 1.54) is 11.8 Å². The van der Waals surface area contributed by atoms with Gasteiger partial charge in [0.05, 0.1) is 5.75 Å². The summed E-state index contributed by atoms with van der Waals surface area (Å²) in [6.45, 7) is 2.59. The molecular weight excluding hydrogens is 282 g/mol. The molecular formula is C11H15N5O3S. The molecule has 2 aromatic heterocycles. The van der Waals surface area contributed by atoms with Gasteiger partial charge in [0.25, 0.3) is 0 Å². The fourth-order valence-electron chi connectivity index (χ4n) is 1.62. The highest BCUT2D eigenvalue weighted by atomic mass is 32.2. The summed E-state index contributed by atoms with van der Waals surface area (Å²) in [4.78, 5) is 22.8. The number of furan rings is 1. The Balaban J connectivity index is 2.03. The molecule has 0 fully saturated rings. The maximum absolute atomic E-state index is 11.5. The van der Waals surface area contributed by atoms with Crippen molar-refractivity contribution in [2.24, 2.45) is 5.84 Å². The second-order valence-corrected chi connectivity index (χ2v) is 4.93. The lowest BCUT2D eigenvalue weighted by Gasteiger charge is -2.02. The van der Waals surface area contributed by atoms with E-state index in [1.54, 1.807) is 16.7 Å². The standard InChI is InChI=1S/C11H15N5O3S/c1-2-5-16-10(18)14-15-11(16)20-6-7-3-4-8(19-7)9(17)13-12/h3-4H,2,5-6,12H2,1H3,(H,13,17)(H,14,18). The average Bonchev–Trinajstić information content (AvgIpc) is 3.05. The maximum atomic E-state index is 11.5. The summed E-state index contributed by atoms with van der Waals surface area (Å²) in [6.07, 6.45) is 0.842. The third-order valence-corrected chi connectivity index (χ3v) is 3.53. The number of hydrazine groups is 1. The molecule has 0 saturated carbocycles. The van der Waals surface area contributed by atoms with Crippen molar-refractivity contribution in [2.75, 3.05) is 0 Å². The summed E-state index contributed by atoms with van der Waals surface area (Å²) in [5.41, 5.74) is 1.77. The number of nitrogens with one attached hydrogen (secondary N) is 2. The maximum Gasteiger partial charge on any atom is 0.343 e. The highest BCUT2D eigenvalue weighted by Gasteiger charge is 2.12. The monoisotopic (exact) mass is 297 g/mol. The van der Waals surface area contributed by atoms with Crippen LogP contribution in [-0.2, 0) is 12.3 Å². The Morgan fingerprint density at radius 2 is 2.40 bits per heavy atom. The zero-order valence-electron chi connectivity index (χ0n) is 10.9. The Kier molecular flexibility index (Phi) is 4.64. The first-order valence-corrected chi connectivity index (χ1v) is 7.02. The van der Waals surface area contributed by atoms with E-state index < -0.39 is 5.91 Å². The van der Waals surface area contributed by atoms with E-state index in [9.17, 15) is 9.59 Å². The SMILES string of the molecule is CCCn1c(SCc2ccc(C(=O)NN)o2)n[nH]c1=O. The van der Waals surface area contributed by atoms with Crippen LogP contribution in [0, 0.1) is 0 Å². The van der Waals surface area contributed by atoms with Crippen molar-refractivity contribution in [1.82, 2.24) is 20.2 Å². The molecule has 0 aliphatic rings. The lowest BCUT2D eigenvalue weighted by atomic mass is 10.4. The molecule has 8 nitrogen and oxygen atoms in total. The molecule has 1 amide bonds. The summed E-state index contributed by atoms with van der Waals surface area (Å²) in [5, 5.41) is 6.97. The quantitative estimate of drug-likeness (QED) is 0.309. The summed E-state index contributed by atoms with van der Waals surface area (Å²) in [7, 11) is 0. The first-order valence-electron chi connectivity index (χ1n) is 6.03. The molecule has 0 atom stereocenters. The molecule has 0 aliphatic carbocycles. The lowest BCUT2D eigenvalue weighted by Crippen LogP contribution is -2.29. The second-order valence-electron chi connectivity index (χ2n) is 3.99. The van der Waals surface area contributed by atoms with Crippen molar-refractivity contribution < 1.29 is 9.21 Å². The molecule has 0 saturated heterocycles. The molecule has 0 aliphatic heterocycles. The Morgan fingerprint density at radius 3 is 3.10 bits per heavy atom. The van der Waals surface area contributed by atoms with Gasteiger partial charge in [-0.2, -0.15) is 0 Å². The van der Waals surface area contributed by atoms with Crippen LogP contribution in [0.4, 0.5) is 0 Å². The lowest BCUT2D eigenvalue weighted by molar-refractivity contribution is 0.0924. The van der Waals surface area contributed by atoms with E-state index in [1.807, 2.05) is 12.3 Å². The normalized spacial score (nSPS) is 10.7. The van der Waals surface area contributed by atoms with E-state index in [2.05, 4.69) is 10.2 Å². The minimum absolute atomic E-state index is 0.149. The molecule has 0 unspecified atom stereocenters. The number of carbonyl (C=O) groups excluding carboxylic acids is 1. The fraction of sp³-hybridized carbons (Fsp3) is 0.364. The third-order valence-electron chi connectivity index (χ3n) is 2.53. The van der Waals surface area contributed by atoms with Gasteiger partial charge in [0.2, 0.25) is 0 Å². The van der Waals surface area contributed by atoms with Gasteiger partial charge in [-0.25, -0.2) is 15.7 Å². The van der Waals surface area contributed by atoms with Crippen LogP contribution in [0.5, 0.6) is 0 Å². The minimum atomic E-state index is -0.482. The highest BCUT2D eigenvalue weighted by Crippen LogP contribution is 2.21. The molecule has 9 heteroatoms. The number of nitrogen functional groups attached to an aromatic ring is 1. The van der Waals surface area contributed by atoms with Gasteiger partial charge in [-0.1, -0.05) is 18.7 Å². The van der Waals surface area contributed by atoms with Gasteiger partial charge in [0, 0.05) is 6.54 Å². The number of nitrogens with zero attached hydrogens (tertiary/aromatic N) is 2. The second kappa shape index (κ2) is 6.44. The number of hydrogen-bond acceptors (Lipinski definition) is 6. The Morgan fingerprint density at radius 1 is 1.60 bits per heavy atom. The van der Waals surface area contributed by atoms with Crippen LogP contribution in [0.15, 0.2) is 26.5 Å². The van der Waals surface area contributed by atoms with Gasteiger partial charge in [0.1, 0.15) is 5.76 Å². The Hall–Kier alpha value is -2.00. The van der Waals surface area contributed by atoms with E-state index in [0.717, 1.165) is 6.42 Å². The van der Waals surface area contributed by atoms with Crippen LogP contribution < -0.4 is 17.0 Å². The zero-order valence-corrected chi connectivity index (χ0v) is 11.7. The van der Waals surface area contributed by atoms with Gasteiger partial charge < -0.3 is 4.42 Å². The summed E-state index contributed by atoms with van der Waals surface area (Å²) in [5.74, 6) is 5.75. The predicted molar refractivity (Wildman–Crippen MR) is 73.1 cm³/mol. The molecule has 108 valence electrons. The van der Waals surface area contributed by atoms with Crippen LogP contribution in [0.2, 0.25) is 0 Å². The number of H-pyrrole nitrogens is 1. The molecule has 20 heavy (non-hydrogen) atoms. The van der Waals surface area contributed by atoms with Crippen LogP contribution in [0.3, 0.4) is 0 Å². The van der Waals surface area contributed by atoms with Crippen LogP contribution >= 0.6 is 11.8 Å². The van der Waals surface area contributed by atoms with Gasteiger partial charge >= 0.3 is 11.6 Å². The molecule has 2 rings (SSSR count). The number of hydrogen-bond donors (Lipinski definition) is 3. The first-order chi connectivity index (χ1) is 9.65.